The lowest BCUT2D eigenvalue weighted by Gasteiger charge is -2.03. The molecule has 100 valence electrons. The minimum absolute atomic E-state index is 0. The molecular formula is C7H12O9S. The Hall–Kier alpha value is -1.72. The van der Waals surface area contributed by atoms with Gasteiger partial charge in [-0.3, -0.25) is 4.55 Å². The van der Waals surface area contributed by atoms with E-state index in [-0.39, 0.29) is 22.0 Å². The standard InChI is InChI=1S/C7H6O6S.3H2O/c8-7(9)5-3-1-2-4-6(5)13-14(10,11)12;;;/h1-4H,(H,8,9)(H,10,11,12);3*1H2. The Morgan fingerprint density at radius 3 is 2.00 bits per heavy atom. The fourth-order valence-electron chi connectivity index (χ4n) is 0.829. The molecule has 0 heterocycles. The van der Waals surface area contributed by atoms with Crippen molar-refractivity contribution in [1.82, 2.24) is 0 Å². The van der Waals surface area contributed by atoms with E-state index < -0.39 is 22.1 Å². The van der Waals surface area contributed by atoms with Crippen LogP contribution < -0.4 is 4.18 Å². The lowest BCUT2D eigenvalue weighted by atomic mass is 10.2. The molecule has 0 fully saturated rings. The molecule has 10 heteroatoms. The van der Waals surface area contributed by atoms with Crippen LogP contribution in [0.4, 0.5) is 0 Å². The average Bonchev–Trinajstić information content (AvgIpc) is 2.01. The summed E-state index contributed by atoms with van der Waals surface area (Å²) in [6, 6.07) is 5.06. The van der Waals surface area contributed by atoms with Gasteiger partial charge in [0.25, 0.3) is 0 Å². The van der Waals surface area contributed by atoms with Gasteiger partial charge in [-0.05, 0) is 12.1 Å². The van der Waals surface area contributed by atoms with E-state index in [0.29, 0.717) is 0 Å². The fourth-order valence-corrected chi connectivity index (χ4v) is 1.20. The monoisotopic (exact) mass is 272 g/mol. The summed E-state index contributed by atoms with van der Waals surface area (Å²) in [5.74, 6) is -1.77. The van der Waals surface area contributed by atoms with Gasteiger partial charge in [0.05, 0.1) is 0 Å². The highest BCUT2D eigenvalue weighted by Crippen LogP contribution is 2.18. The van der Waals surface area contributed by atoms with Crippen LogP contribution in [-0.4, -0.2) is 40.5 Å². The van der Waals surface area contributed by atoms with Crippen LogP contribution in [0.3, 0.4) is 0 Å². The molecule has 0 aliphatic carbocycles. The molecule has 0 aromatic heterocycles. The molecular weight excluding hydrogens is 260 g/mol. The highest BCUT2D eigenvalue weighted by atomic mass is 32.3. The van der Waals surface area contributed by atoms with E-state index in [1.807, 2.05) is 0 Å². The van der Waals surface area contributed by atoms with E-state index in [1.165, 1.54) is 12.1 Å². The van der Waals surface area contributed by atoms with Crippen LogP contribution in [0.5, 0.6) is 5.75 Å². The summed E-state index contributed by atoms with van der Waals surface area (Å²) in [6.45, 7) is 0. The van der Waals surface area contributed by atoms with Gasteiger partial charge in [0.1, 0.15) is 5.56 Å². The molecule has 0 radical (unpaired) electrons. The number of benzene rings is 1. The molecule has 8 N–H and O–H groups in total. The van der Waals surface area contributed by atoms with Gasteiger partial charge in [0, 0.05) is 0 Å². The van der Waals surface area contributed by atoms with Crippen LogP contribution in [0, 0.1) is 0 Å². The van der Waals surface area contributed by atoms with E-state index in [9.17, 15) is 13.2 Å². The summed E-state index contributed by atoms with van der Waals surface area (Å²) < 4.78 is 33.0. The summed E-state index contributed by atoms with van der Waals surface area (Å²) in [4.78, 5) is 10.6. The molecule has 1 rings (SSSR count). The summed E-state index contributed by atoms with van der Waals surface area (Å²) in [7, 11) is -4.70. The van der Waals surface area contributed by atoms with E-state index in [0.717, 1.165) is 12.1 Å². The first-order valence-electron chi connectivity index (χ1n) is 3.39. The minimum Gasteiger partial charge on any atom is -0.478 e. The highest BCUT2D eigenvalue weighted by Gasteiger charge is 2.15. The molecule has 0 aliphatic rings. The molecule has 0 bridgehead atoms. The zero-order valence-corrected chi connectivity index (χ0v) is 9.06. The number of carbonyl (C=O) groups is 1. The van der Waals surface area contributed by atoms with E-state index in [2.05, 4.69) is 4.18 Å². The van der Waals surface area contributed by atoms with Crippen molar-refractivity contribution in [2.45, 2.75) is 0 Å². The van der Waals surface area contributed by atoms with Crippen molar-refractivity contribution < 1.29 is 43.5 Å². The molecule has 0 amide bonds. The maximum atomic E-state index is 10.6. The molecule has 0 unspecified atom stereocenters. The third-order valence-electron chi connectivity index (χ3n) is 1.31. The second kappa shape index (κ2) is 7.54. The predicted molar refractivity (Wildman–Crippen MR) is 56.4 cm³/mol. The van der Waals surface area contributed by atoms with Crippen molar-refractivity contribution in [3.63, 3.8) is 0 Å². The minimum atomic E-state index is -4.70. The second-order valence-electron chi connectivity index (χ2n) is 2.31. The van der Waals surface area contributed by atoms with Crippen LogP contribution in [0.1, 0.15) is 10.4 Å². The SMILES string of the molecule is O.O.O.O=C(O)c1ccccc1OS(=O)(=O)O. The lowest BCUT2D eigenvalue weighted by molar-refractivity contribution is 0.0695. The number of para-hydroxylation sites is 1. The van der Waals surface area contributed by atoms with Crippen molar-refractivity contribution in [2.24, 2.45) is 0 Å². The van der Waals surface area contributed by atoms with Crippen molar-refractivity contribution in [3.8, 4) is 5.75 Å². The van der Waals surface area contributed by atoms with Crippen molar-refractivity contribution in [2.75, 3.05) is 0 Å². The van der Waals surface area contributed by atoms with Gasteiger partial charge in [-0.2, -0.15) is 8.42 Å². The van der Waals surface area contributed by atoms with Gasteiger partial charge < -0.3 is 25.7 Å². The Morgan fingerprint density at radius 2 is 1.59 bits per heavy atom. The normalized spacial score (nSPS) is 9.00. The van der Waals surface area contributed by atoms with E-state index in [1.54, 1.807) is 0 Å². The maximum Gasteiger partial charge on any atom is 0.446 e. The molecule has 0 saturated carbocycles. The van der Waals surface area contributed by atoms with Crippen LogP contribution in [0.2, 0.25) is 0 Å². The molecule has 0 saturated heterocycles. The lowest BCUT2D eigenvalue weighted by Crippen LogP contribution is -2.10. The average molecular weight is 272 g/mol. The molecule has 1 aromatic carbocycles. The number of aromatic carboxylic acids is 1. The second-order valence-corrected chi connectivity index (χ2v) is 3.33. The number of carboxylic acids is 1. The van der Waals surface area contributed by atoms with Crippen molar-refractivity contribution in [1.29, 1.82) is 0 Å². The van der Waals surface area contributed by atoms with Gasteiger partial charge in [0.2, 0.25) is 0 Å². The first kappa shape index (κ1) is 20.7. The summed E-state index contributed by atoms with van der Waals surface area (Å²) in [6.07, 6.45) is 0. The van der Waals surface area contributed by atoms with Crippen LogP contribution in [0.15, 0.2) is 24.3 Å². The van der Waals surface area contributed by atoms with Gasteiger partial charge in [-0.15, -0.1) is 0 Å². The third-order valence-corrected chi connectivity index (χ3v) is 1.70. The van der Waals surface area contributed by atoms with E-state index >= 15 is 0 Å². The Kier molecular flexibility index (Phi) is 9.16. The Morgan fingerprint density at radius 1 is 1.12 bits per heavy atom. The first-order chi connectivity index (χ1) is 6.40. The first-order valence-corrected chi connectivity index (χ1v) is 4.76. The van der Waals surface area contributed by atoms with Gasteiger partial charge in [0.15, 0.2) is 5.75 Å². The largest absolute Gasteiger partial charge is 0.478 e. The molecule has 0 atom stereocenters. The number of rotatable bonds is 3. The number of hydrogen-bond donors (Lipinski definition) is 2. The Bertz CT molecular complexity index is 452. The van der Waals surface area contributed by atoms with Crippen molar-refractivity contribution >= 4 is 16.4 Å². The predicted octanol–water partition coefficient (Wildman–Crippen LogP) is -1.91. The number of hydrogen-bond acceptors (Lipinski definition) is 4. The summed E-state index contributed by atoms with van der Waals surface area (Å²) >= 11 is 0. The van der Waals surface area contributed by atoms with Crippen LogP contribution in [-0.2, 0) is 10.4 Å². The van der Waals surface area contributed by atoms with Crippen LogP contribution >= 0.6 is 0 Å². The van der Waals surface area contributed by atoms with Crippen molar-refractivity contribution in [3.05, 3.63) is 29.8 Å². The molecule has 0 aliphatic heterocycles. The summed E-state index contributed by atoms with van der Waals surface area (Å²) in [5.41, 5.74) is -0.342. The third kappa shape index (κ3) is 6.44. The molecule has 0 spiro atoms. The number of carboxylic acid groups (broad SMARTS) is 1. The Labute approximate surface area is 96.1 Å². The van der Waals surface area contributed by atoms with Gasteiger partial charge in [-0.25, -0.2) is 4.79 Å². The molecule has 9 nitrogen and oxygen atoms in total. The Balaban J connectivity index is -0.000000653. The van der Waals surface area contributed by atoms with Gasteiger partial charge >= 0.3 is 16.4 Å². The quantitative estimate of drug-likeness (QED) is 0.601. The maximum absolute atomic E-state index is 10.6. The topological polar surface area (TPSA) is 195 Å². The summed E-state index contributed by atoms with van der Waals surface area (Å²) in [5, 5.41) is 8.61. The molecule has 17 heavy (non-hydrogen) atoms. The zero-order chi connectivity index (χ0) is 10.8. The molecule has 1 aromatic rings. The highest BCUT2D eigenvalue weighted by molar-refractivity contribution is 7.81. The van der Waals surface area contributed by atoms with E-state index in [4.69, 9.17) is 9.66 Å². The fraction of sp³-hybridized carbons (Fsp3) is 0. The van der Waals surface area contributed by atoms with Crippen LogP contribution in [0.25, 0.3) is 0 Å². The zero-order valence-electron chi connectivity index (χ0n) is 8.25. The smallest absolute Gasteiger partial charge is 0.446 e. The van der Waals surface area contributed by atoms with Gasteiger partial charge in [-0.1, -0.05) is 12.1 Å².